The number of carbonyl (C=O) groups is 4. The standard InChI is InChI=1S/C31H42FN3O.2C4H4O4/c1-2-3-5-11-28-12-8-13-29(24-26-14-16-30(32)17-15-26)31(28)33-36-23-22-34-18-20-35(21-19-34)25-27-9-6-4-7-10-27;2*5-3(6)1-2-4(7)8/h4,6-7,9-10,14-17,24,28H,2-3,5,8,11-13,18-23,25H2,1H3;2*1-2H,(H,5,6)(H,7,8)/b29-24+,33-31+;2*2-1+. The third-order valence-corrected chi connectivity index (χ3v) is 8.19. The molecule has 0 aromatic heterocycles. The molecule has 1 saturated carbocycles. The maximum atomic E-state index is 13.4. The van der Waals surface area contributed by atoms with Gasteiger partial charge < -0.3 is 25.3 Å². The van der Waals surface area contributed by atoms with Crippen LogP contribution in [0.2, 0.25) is 0 Å². The predicted octanol–water partition coefficient (Wildman–Crippen LogP) is 6.20. The number of piperazine rings is 1. The fourth-order valence-electron chi connectivity index (χ4n) is 5.61. The van der Waals surface area contributed by atoms with Crippen molar-refractivity contribution in [2.24, 2.45) is 11.1 Å². The molecule has 2 aliphatic rings. The van der Waals surface area contributed by atoms with E-state index in [1.54, 1.807) is 0 Å². The summed E-state index contributed by atoms with van der Waals surface area (Å²) in [7, 11) is 0. The van der Waals surface area contributed by atoms with Gasteiger partial charge in [-0.15, -0.1) is 0 Å². The molecule has 4 N–H and O–H groups in total. The number of hydrogen-bond donors (Lipinski definition) is 4. The Morgan fingerprint density at radius 2 is 1.37 bits per heavy atom. The summed E-state index contributed by atoms with van der Waals surface area (Å²) in [4.78, 5) is 49.2. The molecule has 2 fully saturated rings. The molecule has 4 rings (SSSR count). The number of carboxylic acids is 4. The van der Waals surface area contributed by atoms with Gasteiger partial charge in [0.1, 0.15) is 12.4 Å². The van der Waals surface area contributed by atoms with Crippen LogP contribution in [0, 0.1) is 11.7 Å². The molecule has 12 nitrogen and oxygen atoms in total. The molecule has 1 unspecified atom stereocenters. The van der Waals surface area contributed by atoms with Gasteiger partial charge >= 0.3 is 23.9 Å². The average molecular weight is 724 g/mol. The van der Waals surface area contributed by atoms with Crippen LogP contribution < -0.4 is 0 Å². The fraction of sp³-hybridized carbons (Fsp3) is 0.410. The highest BCUT2D eigenvalue weighted by Gasteiger charge is 2.25. The van der Waals surface area contributed by atoms with E-state index in [-0.39, 0.29) is 5.82 Å². The predicted molar refractivity (Wildman–Crippen MR) is 196 cm³/mol. The topological polar surface area (TPSA) is 177 Å². The van der Waals surface area contributed by atoms with Crippen LogP contribution in [0.5, 0.6) is 0 Å². The maximum absolute atomic E-state index is 13.4. The zero-order valence-electron chi connectivity index (χ0n) is 29.6. The van der Waals surface area contributed by atoms with Crippen molar-refractivity contribution in [3.05, 3.63) is 101 Å². The summed E-state index contributed by atoms with van der Waals surface area (Å²) >= 11 is 0. The van der Waals surface area contributed by atoms with Gasteiger partial charge in [-0.05, 0) is 60.6 Å². The Morgan fingerprint density at radius 3 is 1.90 bits per heavy atom. The van der Waals surface area contributed by atoms with Crippen molar-refractivity contribution in [2.45, 2.75) is 58.4 Å². The first-order valence-electron chi connectivity index (χ1n) is 17.4. The van der Waals surface area contributed by atoms with Crippen LogP contribution in [-0.2, 0) is 30.6 Å². The highest BCUT2D eigenvalue weighted by molar-refractivity contribution is 6.05. The van der Waals surface area contributed by atoms with Gasteiger partial charge in [0.2, 0.25) is 0 Å². The summed E-state index contributed by atoms with van der Waals surface area (Å²) in [5.74, 6) is -4.77. The van der Waals surface area contributed by atoms with Crippen LogP contribution in [0.4, 0.5) is 4.39 Å². The van der Waals surface area contributed by atoms with Crippen molar-refractivity contribution in [3.63, 3.8) is 0 Å². The lowest BCUT2D eigenvalue weighted by atomic mass is 9.80. The highest BCUT2D eigenvalue weighted by atomic mass is 19.1. The number of oxime groups is 1. The average Bonchev–Trinajstić information content (AvgIpc) is 3.12. The van der Waals surface area contributed by atoms with E-state index in [4.69, 9.17) is 30.4 Å². The lowest BCUT2D eigenvalue weighted by Gasteiger charge is -2.34. The van der Waals surface area contributed by atoms with Gasteiger partial charge in [-0.3, -0.25) is 9.80 Å². The molecule has 1 heterocycles. The van der Waals surface area contributed by atoms with Gasteiger partial charge in [-0.25, -0.2) is 23.6 Å². The number of nitrogens with zero attached hydrogens (tertiary/aromatic N) is 3. The monoisotopic (exact) mass is 723 g/mol. The first-order valence-corrected chi connectivity index (χ1v) is 17.4. The smallest absolute Gasteiger partial charge is 0.328 e. The molecule has 2 aromatic carbocycles. The summed E-state index contributed by atoms with van der Waals surface area (Å²) in [6, 6.07) is 17.5. The summed E-state index contributed by atoms with van der Waals surface area (Å²) in [5.41, 5.74) is 4.79. The zero-order valence-corrected chi connectivity index (χ0v) is 29.6. The maximum Gasteiger partial charge on any atom is 0.328 e. The summed E-state index contributed by atoms with van der Waals surface area (Å²) in [6.07, 6.45) is 12.7. The molecule has 0 radical (unpaired) electrons. The second kappa shape index (κ2) is 24.9. The Bertz CT molecular complexity index is 1450. The number of rotatable bonds is 15. The second-order valence-electron chi connectivity index (χ2n) is 12.2. The van der Waals surface area contributed by atoms with Crippen molar-refractivity contribution in [3.8, 4) is 0 Å². The molecule has 1 atom stereocenters. The van der Waals surface area contributed by atoms with Crippen LogP contribution in [-0.4, -0.2) is 99.1 Å². The quantitative estimate of drug-likeness (QED) is 0.0934. The van der Waals surface area contributed by atoms with E-state index < -0.39 is 23.9 Å². The minimum absolute atomic E-state index is 0.198. The molecular formula is C39H50FN3O9. The fourth-order valence-corrected chi connectivity index (χ4v) is 5.61. The Balaban J connectivity index is 0.000000487. The van der Waals surface area contributed by atoms with Gasteiger partial charge in [-0.2, -0.15) is 0 Å². The molecule has 1 saturated heterocycles. The Morgan fingerprint density at radius 1 is 0.808 bits per heavy atom. The number of hydrogen-bond acceptors (Lipinski definition) is 8. The number of aliphatic carboxylic acids is 4. The van der Waals surface area contributed by atoms with Crippen LogP contribution >= 0.6 is 0 Å². The summed E-state index contributed by atoms with van der Waals surface area (Å²) in [6.45, 7) is 9.13. The molecule has 0 amide bonds. The van der Waals surface area contributed by atoms with Gasteiger partial charge in [0, 0.05) is 69.5 Å². The van der Waals surface area contributed by atoms with E-state index in [1.807, 2.05) is 12.1 Å². The lowest BCUT2D eigenvalue weighted by molar-refractivity contribution is -0.134. The van der Waals surface area contributed by atoms with E-state index in [0.29, 0.717) is 36.8 Å². The van der Waals surface area contributed by atoms with Gasteiger partial charge in [-0.1, -0.05) is 73.8 Å². The largest absolute Gasteiger partial charge is 0.478 e. The summed E-state index contributed by atoms with van der Waals surface area (Å²) < 4.78 is 13.4. The van der Waals surface area contributed by atoms with E-state index in [9.17, 15) is 23.6 Å². The Hall–Kier alpha value is -5.14. The Labute approximate surface area is 304 Å². The molecule has 2 aromatic rings. The number of halogens is 1. The number of carboxylic acid groups (broad SMARTS) is 4. The SMILES string of the molecule is CCCCCC1CCCC(=C\c2ccc(F)cc2)/C1=N/OCCN1CCN(Cc2ccccc2)CC1.O=C(O)/C=C/C(=O)O.O=C(O)/C=C/C(=O)O. The first kappa shape index (κ1) is 43.0. The molecule has 0 spiro atoms. The van der Waals surface area contributed by atoms with Crippen molar-refractivity contribution in [1.29, 1.82) is 0 Å². The van der Waals surface area contributed by atoms with Crippen LogP contribution in [0.3, 0.4) is 0 Å². The molecule has 282 valence electrons. The minimum atomic E-state index is -1.26. The van der Waals surface area contributed by atoms with Crippen molar-refractivity contribution >= 4 is 35.7 Å². The molecule has 1 aliphatic carbocycles. The Kier molecular flexibility index (Phi) is 20.6. The number of benzene rings is 2. The van der Waals surface area contributed by atoms with Gasteiger partial charge in [0.15, 0.2) is 0 Å². The van der Waals surface area contributed by atoms with E-state index >= 15 is 0 Å². The van der Waals surface area contributed by atoms with Crippen molar-refractivity contribution < 1.29 is 48.8 Å². The minimum Gasteiger partial charge on any atom is -0.478 e. The normalized spacial score (nSPS) is 18.0. The molecule has 0 bridgehead atoms. The third kappa shape index (κ3) is 19.3. The molecule has 1 aliphatic heterocycles. The molecule has 52 heavy (non-hydrogen) atoms. The van der Waals surface area contributed by atoms with Crippen LogP contribution in [0.15, 0.2) is 89.6 Å². The molecule has 13 heteroatoms. The van der Waals surface area contributed by atoms with E-state index in [2.05, 4.69) is 53.1 Å². The summed E-state index contributed by atoms with van der Waals surface area (Å²) in [5, 5.41) is 36.0. The lowest BCUT2D eigenvalue weighted by Crippen LogP contribution is -2.46. The third-order valence-electron chi connectivity index (χ3n) is 8.19. The van der Waals surface area contributed by atoms with E-state index in [0.717, 1.165) is 57.0 Å². The van der Waals surface area contributed by atoms with Gasteiger partial charge in [0.05, 0.1) is 5.71 Å². The van der Waals surface area contributed by atoms with Crippen molar-refractivity contribution in [2.75, 3.05) is 39.3 Å². The second-order valence-corrected chi connectivity index (χ2v) is 12.2. The first-order chi connectivity index (χ1) is 25.0. The van der Waals surface area contributed by atoms with Crippen molar-refractivity contribution in [1.82, 2.24) is 9.80 Å². The zero-order chi connectivity index (χ0) is 38.1. The highest BCUT2D eigenvalue weighted by Crippen LogP contribution is 2.31. The number of unbranched alkanes of at least 4 members (excludes halogenated alkanes) is 2. The van der Waals surface area contributed by atoms with Crippen LogP contribution in [0.25, 0.3) is 6.08 Å². The van der Waals surface area contributed by atoms with Gasteiger partial charge in [0.25, 0.3) is 0 Å². The molecular weight excluding hydrogens is 673 g/mol. The van der Waals surface area contributed by atoms with E-state index in [1.165, 1.54) is 61.8 Å². The van der Waals surface area contributed by atoms with Crippen LogP contribution in [0.1, 0.15) is 63.0 Å². The number of allylic oxidation sites excluding steroid dienone is 1.